The van der Waals surface area contributed by atoms with E-state index in [4.69, 9.17) is 0 Å². The van der Waals surface area contributed by atoms with Crippen molar-refractivity contribution >= 4 is 43.0 Å². The van der Waals surface area contributed by atoms with E-state index in [1.54, 1.807) is 16.2 Å². The van der Waals surface area contributed by atoms with E-state index < -0.39 is 9.84 Å². The number of carbonyl (C=O) groups is 1. The van der Waals surface area contributed by atoms with Gasteiger partial charge in [-0.05, 0) is 25.1 Å². The number of thiazole rings is 1. The van der Waals surface area contributed by atoms with Crippen LogP contribution >= 0.6 is 11.3 Å². The number of sulfone groups is 1. The summed E-state index contributed by atoms with van der Waals surface area (Å²) >= 11 is 1.58. The molecule has 0 unspecified atom stereocenters. The Morgan fingerprint density at radius 3 is 2.95 bits per heavy atom. The predicted octanol–water partition coefficient (Wildman–Crippen LogP) is 1.75. The number of fused-ring (bicyclic) bond motifs is 2. The second-order valence-corrected chi connectivity index (χ2v) is 9.15. The highest BCUT2D eigenvalue weighted by Gasteiger charge is 2.49. The lowest BCUT2D eigenvalue weighted by Gasteiger charge is -2.23. The number of amides is 1. The Hall–Kier alpha value is -1.47. The van der Waals surface area contributed by atoms with Crippen molar-refractivity contribution in [1.82, 2.24) is 4.98 Å². The SMILES string of the molecule is Cc1nc2ccc(N3C(=O)C[C@@H]4CS(=O)(=O)C[C@@H]43)cc2s1. The van der Waals surface area contributed by atoms with Crippen molar-refractivity contribution in [2.45, 2.75) is 19.4 Å². The number of hydrogen-bond acceptors (Lipinski definition) is 5. The van der Waals surface area contributed by atoms with Crippen molar-refractivity contribution in [3.8, 4) is 0 Å². The summed E-state index contributed by atoms with van der Waals surface area (Å²) in [7, 11) is -3.01. The van der Waals surface area contributed by atoms with Gasteiger partial charge in [-0.1, -0.05) is 0 Å². The number of hydrogen-bond donors (Lipinski definition) is 0. The molecule has 0 saturated carbocycles. The monoisotopic (exact) mass is 322 g/mol. The molecular formula is C14H14N2O3S2. The van der Waals surface area contributed by atoms with Crippen LogP contribution in [0.3, 0.4) is 0 Å². The lowest BCUT2D eigenvalue weighted by Crippen LogP contribution is -2.36. The van der Waals surface area contributed by atoms with Gasteiger partial charge in [0, 0.05) is 18.0 Å². The van der Waals surface area contributed by atoms with E-state index in [1.165, 1.54) is 0 Å². The van der Waals surface area contributed by atoms with E-state index in [0.29, 0.717) is 6.42 Å². The van der Waals surface area contributed by atoms with E-state index >= 15 is 0 Å². The van der Waals surface area contributed by atoms with Crippen molar-refractivity contribution in [3.05, 3.63) is 23.2 Å². The molecule has 2 atom stereocenters. The highest BCUT2D eigenvalue weighted by molar-refractivity contribution is 7.91. The molecule has 0 aliphatic carbocycles. The van der Waals surface area contributed by atoms with Gasteiger partial charge in [0.15, 0.2) is 9.84 Å². The Balaban J connectivity index is 1.78. The van der Waals surface area contributed by atoms with Crippen molar-refractivity contribution < 1.29 is 13.2 Å². The fourth-order valence-electron chi connectivity index (χ4n) is 3.40. The molecule has 4 rings (SSSR count). The number of nitrogens with zero attached hydrogens (tertiary/aromatic N) is 2. The first-order valence-corrected chi connectivity index (χ1v) is 9.46. The third-order valence-electron chi connectivity index (χ3n) is 4.23. The molecule has 3 heterocycles. The molecule has 110 valence electrons. The van der Waals surface area contributed by atoms with Crippen molar-refractivity contribution in [2.75, 3.05) is 16.4 Å². The van der Waals surface area contributed by atoms with Crippen LogP contribution in [0.4, 0.5) is 5.69 Å². The molecule has 0 radical (unpaired) electrons. The second kappa shape index (κ2) is 4.27. The minimum Gasteiger partial charge on any atom is -0.308 e. The van der Waals surface area contributed by atoms with Crippen LogP contribution in [0.25, 0.3) is 10.2 Å². The fraction of sp³-hybridized carbons (Fsp3) is 0.429. The number of anilines is 1. The highest BCUT2D eigenvalue weighted by Crippen LogP contribution is 2.38. The highest BCUT2D eigenvalue weighted by atomic mass is 32.2. The lowest BCUT2D eigenvalue weighted by molar-refractivity contribution is -0.117. The normalized spacial score (nSPS) is 27.5. The van der Waals surface area contributed by atoms with Crippen molar-refractivity contribution in [1.29, 1.82) is 0 Å². The Morgan fingerprint density at radius 2 is 2.14 bits per heavy atom. The van der Waals surface area contributed by atoms with E-state index in [0.717, 1.165) is 20.9 Å². The van der Waals surface area contributed by atoms with Crippen LogP contribution in [-0.2, 0) is 14.6 Å². The molecular weight excluding hydrogens is 308 g/mol. The van der Waals surface area contributed by atoms with Gasteiger partial charge >= 0.3 is 0 Å². The zero-order valence-corrected chi connectivity index (χ0v) is 13.1. The average molecular weight is 322 g/mol. The summed E-state index contributed by atoms with van der Waals surface area (Å²) in [5.74, 6) is 0.201. The van der Waals surface area contributed by atoms with Gasteiger partial charge in [0.2, 0.25) is 5.91 Å². The van der Waals surface area contributed by atoms with Gasteiger partial charge in [0.25, 0.3) is 0 Å². The van der Waals surface area contributed by atoms with Crippen LogP contribution in [0, 0.1) is 12.8 Å². The van der Waals surface area contributed by atoms with Crippen LogP contribution in [0.2, 0.25) is 0 Å². The third kappa shape index (κ3) is 2.06. The molecule has 21 heavy (non-hydrogen) atoms. The van der Waals surface area contributed by atoms with Gasteiger partial charge in [-0.2, -0.15) is 0 Å². The Morgan fingerprint density at radius 1 is 1.33 bits per heavy atom. The van der Waals surface area contributed by atoms with Crippen LogP contribution in [0.15, 0.2) is 18.2 Å². The average Bonchev–Trinajstić information content (AvgIpc) is 2.96. The van der Waals surface area contributed by atoms with Crippen molar-refractivity contribution in [3.63, 3.8) is 0 Å². The molecule has 2 aliphatic heterocycles. The Labute approximate surface area is 126 Å². The van der Waals surface area contributed by atoms with Crippen LogP contribution in [0.5, 0.6) is 0 Å². The molecule has 0 bridgehead atoms. The summed E-state index contributed by atoms with van der Waals surface area (Å²) in [4.78, 5) is 18.4. The first-order valence-electron chi connectivity index (χ1n) is 6.83. The third-order valence-corrected chi connectivity index (χ3v) is 6.95. The lowest BCUT2D eigenvalue weighted by atomic mass is 10.0. The van der Waals surface area contributed by atoms with E-state index in [-0.39, 0.29) is 29.4 Å². The van der Waals surface area contributed by atoms with E-state index in [2.05, 4.69) is 4.98 Å². The summed E-state index contributed by atoms with van der Waals surface area (Å²) < 4.78 is 24.6. The first-order chi connectivity index (χ1) is 9.93. The van der Waals surface area contributed by atoms with E-state index in [1.807, 2.05) is 25.1 Å². The maximum absolute atomic E-state index is 12.3. The molecule has 2 saturated heterocycles. The molecule has 1 aromatic heterocycles. The molecule has 0 N–H and O–H groups in total. The maximum Gasteiger partial charge on any atom is 0.227 e. The number of aryl methyl sites for hydroxylation is 1. The quantitative estimate of drug-likeness (QED) is 0.802. The second-order valence-electron chi connectivity index (χ2n) is 5.76. The molecule has 1 amide bonds. The summed E-state index contributed by atoms with van der Waals surface area (Å²) in [6, 6.07) is 5.52. The van der Waals surface area contributed by atoms with Crippen LogP contribution in [0.1, 0.15) is 11.4 Å². The summed E-state index contributed by atoms with van der Waals surface area (Å²) in [6.45, 7) is 1.95. The van der Waals surface area contributed by atoms with Gasteiger partial charge in [0.1, 0.15) is 0 Å². The summed E-state index contributed by atoms with van der Waals surface area (Å²) in [6.07, 6.45) is 0.337. The van der Waals surface area contributed by atoms with Gasteiger partial charge in [-0.3, -0.25) is 4.79 Å². The summed E-state index contributed by atoms with van der Waals surface area (Å²) in [5.41, 5.74) is 1.71. The Bertz CT molecular complexity index is 856. The number of carbonyl (C=O) groups excluding carboxylic acids is 1. The number of rotatable bonds is 1. The molecule has 2 aromatic rings. The van der Waals surface area contributed by atoms with Gasteiger partial charge in [-0.15, -0.1) is 11.3 Å². The number of benzene rings is 1. The van der Waals surface area contributed by atoms with Crippen molar-refractivity contribution in [2.24, 2.45) is 5.92 Å². The summed E-state index contributed by atoms with van der Waals surface area (Å²) in [5, 5.41) is 0.983. The van der Waals surface area contributed by atoms with Gasteiger partial charge < -0.3 is 4.90 Å². The van der Waals surface area contributed by atoms with Crippen LogP contribution < -0.4 is 4.90 Å². The predicted molar refractivity (Wildman–Crippen MR) is 82.4 cm³/mol. The molecule has 2 fully saturated rings. The minimum absolute atomic E-state index is 0.0282. The van der Waals surface area contributed by atoms with Gasteiger partial charge in [-0.25, -0.2) is 13.4 Å². The molecule has 7 heteroatoms. The largest absolute Gasteiger partial charge is 0.308 e. The first kappa shape index (κ1) is 13.2. The molecule has 2 aliphatic rings. The molecule has 0 spiro atoms. The zero-order valence-electron chi connectivity index (χ0n) is 11.4. The topological polar surface area (TPSA) is 67.3 Å². The fourth-order valence-corrected chi connectivity index (χ4v) is 6.33. The van der Waals surface area contributed by atoms with E-state index in [9.17, 15) is 13.2 Å². The molecule has 1 aromatic carbocycles. The standard InChI is InChI=1S/C14H14N2O3S2/c1-8-15-11-3-2-10(5-13(11)20-8)16-12-7-21(18,19)6-9(12)4-14(16)17/h2-3,5,9,12H,4,6-7H2,1H3/t9-,12+/m1/s1. The van der Waals surface area contributed by atoms with Crippen LogP contribution in [-0.4, -0.2) is 36.9 Å². The van der Waals surface area contributed by atoms with Gasteiger partial charge in [0.05, 0.1) is 32.8 Å². The minimum atomic E-state index is -3.01. The Kier molecular flexibility index (Phi) is 2.68. The molecule has 5 nitrogen and oxygen atoms in total. The zero-order chi connectivity index (χ0) is 14.8. The maximum atomic E-state index is 12.3. The smallest absolute Gasteiger partial charge is 0.227 e. The number of aromatic nitrogens is 1.